The summed E-state index contributed by atoms with van der Waals surface area (Å²) < 4.78 is 39.3. The molecule has 5 nitrogen and oxygen atoms in total. The fourth-order valence-corrected chi connectivity index (χ4v) is 4.17. The summed E-state index contributed by atoms with van der Waals surface area (Å²) in [5.74, 6) is -1.47. The summed E-state index contributed by atoms with van der Waals surface area (Å²) in [6.45, 7) is 10.3. The van der Waals surface area contributed by atoms with Crippen molar-refractivity contribution in [2.24, 2.45) is 0 Å². The Hall–Kier alpha value is -2.41. The summed E-state index contributed by atoms with van der Waals surface area (Å²) in [5.41, 5.74) is 2.74. The second-order valence-electron chi connectivity index (χ2n) is 8.53. The van der Waals surface area contributed by atoms with Crippen LogP contribution in [-0.4, -0.2) is 27.1 Å². The molecule has 0 heterocycles. The molecule has 1 N–H and O–H groups in total. The Bertz CT molecular complexity index is 996. The number of hydrogen-bond acceptors (Lipinski definition) is 3. The van der Waals surface area contributed by atoms with Crippen LogP contribution in [0.15, 0.2) is 42.5 Å². The molecule has 2 rings (SSSR count). The molecule has 164 valence electrons. The number of hydrogen-bond donors (Lipinski definition) is 1. The SMILES string of the molecule is CCN(c1ccc([C@H](C)C(=O)NCc2ccc(C(C)(C)C)cc2)cc1F)S(C)(=O)=O. The number of rotatable bonds is 7. The van der Waals surface area contributed by atoms with E-state index in [4.69, 9.17) is 0 Å². The lowest BCUT2D eigenvalue weighted by Gasteiger charge is -2.22. The highest BCUT2D eigenvalue weighted by molar-refractivity contribution is 7.92. The average molecular weight is 435 g/mol. The van der Waals surface area contributed by atoms with Crippen LogP contribution in [-0.2, 0) is 26.8 Å². The molecule has 1 atom stereocenters. The lowest BCUT2D eigenvalue weighted by molar-refractivity contribution is -0.122. The van der Waals surface area contributed by atoms with E-state index in [-0.39, 0.29) is 23.6 Å². The smallest absolute Gasteiger partial charge is 0.232 e. The van der Waals surface area contributed by atoms with Crippen molar-refractivity contribution in [3.8, 4) is 0 Å². The zero-order valence-electron chi connectivity index (χ0n) is 18.5. The Labute approximate surface area is 179 Å². The Balaban J connectivity index is 2.08. The van der Waals surface area contributed by atoms with Gasteiger partial charge in [-0.2, -0.15) is 0 Å². The Morgan fingerprint density at radius 3 is 2.20 bits per heavy atom. The van der Waals surface area contributed by atoms with Crippen LogP contribution >= 0.6 is 0 Å². The monoisotopic (exact) mass is 434 g/mol. The van der Waals surface area contributed by atoms with Gasteiger partial charge in [0.25, 0.3) is 0 Å². The van der Waals surface area contributed by atoms with Gasteiger partial charge in [0.15, 0.2) is 0 Å². The van der Waals surface area contributed by atoms with Crippen LogP contribution in [0.1, 0.15) is 57.2 Å². The van der Waals surface area contributed by atoms with Crippen LogP contribution in [0.3, 0.4) is 0 Å². The predicted molar refractivity (Wildman–Crippen MR) is 120 cm³/mol. The Morgan fingerprint density at radius 2 is 1.73 bits per heavy atom. The fourth-order valence-electron chi connectivity index (χ4n) is 3.19. The van der Waals surface area contributed by atoms with Crippen molar-refractivity contribution >= 4 is 21.6 Å². The molecule has 7 heteroatoms. The largest absolute Gasteiger partial charge is 0.352 e. The average Bonchev–Trinajstić information content (AvgIpc) is 2.65. The van der Waals surface area contributed by atoms with Gasteiger partial charge < -0.3 is 5.32 Å². The highest BCUT2D eigenvalue weighted by Crippen LogP contribution is 2.26. The first kappa shape index (κ1) is 23.9. The topological polar surface area (TPSA) is 66.5 Å². The maximum Gasteiger partial charge on any atom is 0.232 e. The van der Waals surface area contributed by atoms with Crippen LogP contribution in [0.5, 0.6) is 0 Å². The highest BCUT2D eigenvalue weighted by Gasteiger charge is 2.22. The number of sulfonamides is 1. The van der Waals surface area contributed by atoms with Crippen molar-refractivity contribution in [1.29, 1.82) is 0 Å². The molecule has 0 aliphatic rings. The molecule has 0 saturated carbocycles. The molecular weight excluding hydrogens is 403 g/mol. The molecule has 0 saturated heterocycles. The minimum absolute atomic E-state index is 0.0182. The molecule has 0 unspecified atom stereocenters. The Kier molecular flexibility index (Phi) is 7.29. The summed E-state index contributed by atoms with van der Waals surface area (Å²) in [6.07, 6.45) is 1.04. The van der Waals surface area contributed by atoms with E-state index in [0.29, 0.717) is 12.1 Å². The summed E-state index contributed by atoms with van der Waals surface area (Å²) in [6, 6.07) is 12.3. The van der Waals surface area contributed by atoms with E-state index >= 15 is 0 Å². The van der Waals surface area contributed by atoms with Crippen molar-refractivity contribution in [1.82, 2.24) is 5.32 Å². The van der Waals surface area contributed by atoms with E-state index in [2.05, 4.69) is 38.2 Å². The third-order valence-corrected chi connectivity index (χ3v) is 6.36. The van der Waals surface area contributed by atoms with E-state index in [0.717, 1.165) is 16.1 Å². The number of anilines is 1. The molecule has 2 aromatic carbocycles. The van der Waals surface area contributed by atoms with E-state index in [1.165, 1.54) is 17.7 Å². The van der Waals surface area contributed by atoms with Gasteiger partial charge >= 0.3 is 0 Å². The first-order valence-electron chi connectivity index (χ1n) is 9.99. The van der Waals surface area contributed by atoms with Gasteiger partial charge in [0.2, 0.25) is 15.9 Å². The molecule has 0 bridgehead atoms. The molecule has 2 aromatic rings. The molecule has 0 radical (unpaired) electrons. The van der Waals surface area contributed by atoms with E-state index in [1.807, 2.05) is 12.1 Å². The van der Waals surface area contributed by atoms with Crippen LogP contribution < -0.4 is 9.62 Å². The molecule has 0 aliphatic carbocycles. The third kappa shape index (κ3) is 5.81. The number of nitrogens with zero attached hydrogens (tertiary/aromatic N) is 1. The van der Waals surface area contributed by atoms with Crippen LogP contribution in [0.25, 0.3) is 0 Å². The number of carbonyl (C=O) groups excluding carboxylic acids is 1. The van der Waals surface area contributed by atoms with Gasteiger partial charge in [0.05, 0.1) is 17.9 Å². The van der Waals surface area contributed by atoms with E-state index in [1.54, 1.807) is 19.9 Å². The van der Waals surface area contributed by atoms with Gasteiger partial charge in [0, 0.05) is 13.1 Å². The fraction of sp³-hybridized carbons (Fsp3) is 0.435. The molecule has 0 aliphatic heterocycles. The summed E-state index contributed by atoms with van der Waals surface area (Å²) >= 11 is 0. The molecule has 30 heavy (non-hydrogen) atoms. The second-order valence-corrected chi connectivity index (χ2v) is 10.4. The zero-order chi connectivity index (χ0) is 22.7. The van der Waals surface area contributed by atoms with E-state index in [9.17, 15) is 17.6 Å². The first-order chi connectivity index (χ1) is 13.8. The number of benzene rings is 2. The number of nitrogens with one attached hydrogen (secondary N) is 1. The number of halogens is 1. The minimum Gasteiger partial charge on any atom is -0.352 e. The van der Waals surface area contributed by atoms with Gasteiger partial charge in [-0.15, -0.1) is 0 Å². The van der Waals surface area contributed by atoms with Gasteiger partial charge in [-0.25, -0.2) is 12.8 Å². The number of amides is 1. The lowest BCUT2D eigenvalue weighted by atomic mass is 9.87. The lowest BCUT2D eigenvalue weighted by Crippen LogP contribution is -2.30. The normalized spacial score (nSPS) is 13.0. The third-order valence-electron chi connectivity index (χ3n) is 5.11. The van der Waals surface area contributed by atoms with Crippen molar-refractivity contribution in [2.75, 3.05) is 17.1 Å². The van der Waals surface area contributed by atoms with Crippen molar-refractivity contribution in [2.45, 2.75) is 52.5 Å². The van der Waals surface area contributed by atoms with Crippen LogP contribution in [0.4, 0.5) is 10.1 Å². The highest BCUT2D eigenvalue weighted by atomic mass is 32.2. The van der Waals surface area contributed by atoms with Crippen LogP contribution in [0, 0.1) is 5.82 Å². The summed E-state index contributed by atoms with van der Waals surface area (Å²) in [7, 11) is -3.58. The standard InChI is InChI=1S/C23H31FN2O3S/c1-7-26(30(6,28)29)21-13-10-18(14-20(21)24)16(2)22(27)25-15-17-8-11-19(12-9-17)23(3,4)5/h8-14,16H,7,15H2,1-6H3,(H,25,27)/t16-/m0/s1. The van der Waals surface area contributed by atoms with Gasteiger partial charge in [-0.05, 0) is 48.1 Å². The quantitative estimate of drug-likeness (QED) is 0.705. The van der Waals surface area contributed by atoms with Crippen molar-refractivity contribution in [3.05, 3.63) is 65.0 Å². The van der Waals surface area contributed by atoms with Crippen LogP contribution in [0.2, 0.25) is 0 Å². The van der Waals surface area contributed by atoms with Crippen molar-refractivity contribution < 1.29 is 17.6 Å². The second kappa shape index (κ2) is 9.16. The first-order valence-corrected chi connectivity index (χ1v) is 11.8. The maximum atomic E-state index is 14.6. The molecule has 0 fully saturated rings. The summed E-state index contributed by atoms with van der Waals surface area (Å²) in [4.78, 5) is 12.5. The molecular formula is C23H31FN2O3S. The molecule has 1 amide bonds. The van der Waals surface area contributed by atoms with Gasteiger partial charge in [-0.1, -0.05) is 51.1 Å². The zero-order valence-corrected chi connectivity index (χ0v) is 19.3. The maximum absolute atomic E-state index is 14.6. The minimum atomic E-state index is -3.58. The van der Waals surface area contributed by atoms with Gasteiger partial charge in [0.1, 0.15) is 5.82 Å². The predicted octanol–water partition coefficient (Wildman–Crippen LogP) is 4.33. The van der Waals surface area contributed by atoms with E-state index < -0.39 is 21.8 Å². The van der Waals surface area contributed by atoms with Gasteiger partial charge in [-0.3, -0.25) is 9.10 Å². The molecule has 0 spiro atoms. The summed E-state index contributed by atoms with van der Waals surface area (Å²) in [5, 5.41) is 2.88. The molecule has 0 aromatic heterocycles. The van der Waals surface area contributed by atoms with Crippen molar-refractivity contribution in [3.63, 3.8) is 0 Å². The Morgan fingerprint density at radius 1 is 1.13 bits per heavy atom. The number of carbonyl (C=O) groups is 1.